The number of ether oxygens (including phenoxy) is 2. The van der Waals surface area contributed by atoms with Gasteiger partial charge in [-0.25, -0.2) is 0 Å². The number of nitro benzene ring substituents is 1. The molecule has 0 unspecified atom stereocenters. The second-order valence-electron chi connectivity index (χ2n) is 4.56. The summed E-state index contributed by atoms with van der Waals surface area (Å²) in [6, 6.07) is 9.45. The first-order valence-electron chi connectivity index (χ1n) is 6.55. The molecule has 1 aliphatic rings. The first kappa shape index (κ1) is 13.9. The van der Waals surface area contributed by atoms with Crippen LogP contribution in [0.5, 0.6) is 17.2 Å². The zero-order chi connectivity index (χ0) is 15.5. The number of phenols is 1. The fourth-order valence-electron chi connectivity index (χ4n) is 2.06. The highest BCUT2D eigenvalue weighted by Gasteiger charge is 2.15. The highest BCUT2D eigenvalue weighted by molar-refractivity contribution is 5.87. The van der Waals surface area contributed by atoms with Crippen molar-refractivity contribution in [2.75, 3.05) is 13.2 Å². The Balaban J connectivity index is 1.88. The second-order valence-corrected chi connectivity index (χ2v) is 4.56. The van der Waals surface area contributed by atoms with Crippen LogP contribution in [0.2, 0.25) is 0 Å². The third-order valence-corrected chi connectivity index (χ3v) is 3.12. The van der Waals surface area contributed by atoms with Crippen molar-refractivity contribution in [2.24, 2.45) is 4.99 Å². The van der Waals surface area contributed by atoms with E-state index in [1.54, 1.807) is 24.3 Å². The lowest BCUT2D eigenvalue weighted by Crippen LogP contribution is -2.14. The van der Waals surface area contributed by atoms with Gasteiger partial charge in [-0.05, 0) is 18.2 Å². The summed E-state index contributed by atoms with van der Waals surface area (Å²) in [7, 11) is 0. The molecule has 0 fully saturated rings. The Morgan fingerprint density at radius 2 is 1.95 bits per heavy atom. The monoisotopic (exact) mass is 300 g/mol. The Labute approximate surface area is 125 Å². The Kier molecular flexibility index (Phi) is 3.61. The van der Waals surface area contributed by atoms with Gasteiger partial charge in [-0.2, -0.15) is 0 Å². The largest absolute Gasteiger partial charge is 0.502 e. The number of fused-ring (bicyclic) bond motifs is 1. The van der Waals surface area contributed by atoms with Crippen molar-refractivity contribution in [3.05, 3.63) is 52.1 Å². The minimum absolute atomic E-state index is 0.268. The molecule has 112 valence electrons. The maximum atomic E-state index is 10.8. The quantitative estimate of drug-likeness (QED) is 0.534. The van der Waals surface area contributed by atoms with Crippen LogP contribution in [0, 0.1) is 10.1 Å². The van der Waals surface area contributed by atoms with Crippen molar-refractivity contribution >= 4 is 17.6 Å². The van der Waals surface area contributed by atoms with Crippen molar-refractivity contribution in [3.63, 3.8) is 0 Å². The number of phenolic OH excluding ortho intramolecular Hbond substituents is 1. The van der Waals surface area contributed by atoms with Gasteiger partial charge in [0.15, 0.2) is 11.5 Å². The number of hydrogen-bond donors (Lipinski definition) is 1. The smallest absolute Gasteiger partial charge is 0.311 e. The number of para-hydroxylation sites is 1. The lowest BCUT2D eigenvalue weighted by Gasteiger charge is -2.18. The Morgan fingerprint density at radius 3 is 2.73 bits per heavy atom. The van der Waals surface area contributed by atoms with E-state index in [4.69, 9.17) is 9.47 Å². The van der Waals surface area contributed by atoms with E-state index in [2.05, 4.69) is 4.99 Å². The van der Waals surface area contributed by atoms with E-state index >= 15 is 0 Å². The van der Waals surface area contributed by atoms with Crippen LogP contribution in [0.1, 0.15) is 5.56 Å². The number of benzene rings is 2. The Hall–Kier alpha value is -3.09. The van der Waals surface area contributed by atoms with E-state index in [9.17, 15) is 15.2 Å². The second kappa shape index (κ2) is 5.72. The molecule has 1 aliphatic heterocycles. The molecule has 0 radical (unpaired) electrons. The summed E-state index contributed by atoms with van der Waals surface area (Å²) < 4.78 is 10.9. The average Bonchev–Trinajstić information content (AvgIpc) is 2.53. The number of nitro groups is 1. The first-order chi connectivity index (χ1) is 10.6. The molecular weight excluding hydrogens is 288 g/mol. The minimum Gasteiger partial charge on any atom is -0.502 e. The third-order valence-electron chi connectivity index (χ3n) is 3.12. The predicted molar refractivity (Wildman–Crippen MR) is 79.4 cm³/mol. The lowest BCUT2D eigenvalue weighted by molar-refractivity contribution is -0.385. The Morgan fingerprint density at radius 1 is 1.18 bits per heavy atom. The van der Waals surface area contributed by atoms with Crippen LogP contribution in [0.4, 0.5) is 11.4 Å². The summed E-state index contributed by atoms with van der Waals surface area (Å²) in [6.45, 7) is 0.989. The zero-order valence-corrected chi connectivity index (χ0v) is 11.4. The summed E-state index contributed by atoms with van der Waals surface area (Å²) >= 11 is 0. The fraction of sp³-hybridized carbons (Fsp3) is 0.133. The molecule has 3 rings (SSSR count). The molecule has 2 aromatic rings. The minimum atomic E-state index is -0.642. The zero-order valence-electron chi connectivity index (χ0n) is 11.4. The molecule has 7 nitrogen and oxygen atoms in total. The summed E-state index contributed by atoms with van der Waals surface area (Å²) in [4.78, 5) is 14.3. The normalized spacial score (nSPS) is 13.3. The van der Waals surface area contributed by atoms with Gasteiger partial charge < -0.3 is 14.6 Å². The molecule has 0 aliphatic carbocycles. The van der Waals surface area contributed by atoms with Gasteiger partial charge in [-0.3, -0.25) is 15.1 Å². The molecule has 0 amide bonds. The molecule has 0 atom stereocenters. The molecule has 7 heteroatoms. The van der Waals surface area contributed by atoms with Crippen molar-refractivity contribution in [1.29, 1.82) is 0 Å². The molecule has 0 saturated heterocycles. The number of aliphatic imine (C=N–C) groups is 1. The van der Waals surface area contributed by atoms with Crippen LogP contribution < -0.4 is 9.47 Å². The van der Waals surface area contributed by atoms with Gasteiger partial charge in [0.1, 0.15) is 13.2 Å². The Bertz CT molecular complexity index is 758. The van der Waals surface area contributed by atoms with Gasteiger partial charge >= 0.3 is 5.69 Å². The van der Waals surface area contributed by atoms with E-state index in [0.717, 1.165) is 0 Å². The van der Waals surface area contributed by atoms with Gasteiger partial charge in [0.2, 0.25) is 5.75 Å². The SMILES string of the molecule is O=[N+]([O-])c1cccc(C=Nc2ccc3c(c2)OCCO3)c1O. The highest BCUT2D eigenvalue weighted by atomic mass is 16.6. The van der Waals surface area contributed by atoms with E-state index in [-0.39, 0.29) is 11.3 Å². The number of aromatic hydroxyl groups is 1. The van der Waals surface area contributed by atoms with Crippen LogP contribution in [-0.4, -0.2) is 29.5 Å². The van der Waals surface area contributed by atoms with Gasteiger partial charge in [0.25, 0.3) is 0 Å². The van der Waals surface area contributed by atoms with Gasteiger partial charge in [0.05, 0.1) is 10.6 Å². The number of hydrogen-bond acceptors (Lipinski definition) is 6. The first-order valence-corrected chi connectivity index (χ1v) is 6.55. The van der Waals surface area contributed by atoms with E-state index in [0.29, 0.717) is 30.4 Å². The van der Waals surface area contributed by atoms with E-state index < -0.39 is 10.7 Å². The van der Waals surface area contributed by atoms with E-state index in [1.165, 1.54) is 18.3 Å². The standard InChI is InChI=1S/C15H12N2O5/c18-15-10(2-1-3-12(15)17(19)20)9-16-11-4-5-13-14(8-11)22-7-6-21-13/h1-5,8-9,18H,6-7H2. The lowest BCUT2D eigenvalue weighted by atomic mass is 10.2. The van der Waals surface area contributed by atoms with E-state index in [1.807, 2.05) is 0 Å². The molecule has 0 saturated carbocycles. The van der Waals surface area contributed by atoms with Crippen LogP contribution in [0.3, 0.4) is 0 Å². The summed E-state index contributed by atoms with van der Waals surface area (Å²) in [5.74, 6) is 0.848. The van der Waals surface area contributed by atoms with Crippen LogP contribution >= 0.6 is 0 Å². The third kappa shape index (κ3) is 2.69. The van der Waals surface area contributed by atoms with Crippen LogP contribution in [0.15, 0.2) is 41.4 Å². The molecule has 2 aromatic carbocycles. The molecule has 1 heterocycles. The molecular formula is C15H12N2O5. The summed E-state index contributed by atoms with van der Waals surface area (Å²) in [5, 5.41) is 20.6. The molecule has 1 N–H and O–H groups in total. The fourth-order valence-corrected chi connectivity index (χ4v) is 2.06. The summed E-state index contributed by atoms with van der Waals surface area (Å²) in [5.41, 5.74) is 0.505. The van der Waals surface area contributed by atoms with Crippen LogP contribution in [0.25, 0.3) is 0 Å². The molecule has 22 heavy (non-hydrogen) atoms. The van der Waals surface area contributed by atoms with Crippen LogP contribution in [-0.2, 0) is 0 Å². The van der Waals surface area contributed by atoms with Crippen molar-refractivity contribution in [1.82, 2.24) is 0 Å². The maximum Gasteiger partial charge on any atom is 0.311 e. The highest BCUT2D eigenvalue weighted by Crippen LogP contribution is 2.34. The summed E-state index contributed by atoms with van der Waals surface area (Å²) in [6.07, 6.45) is 1.37. The van der Waals surface area contributed by atoms with Crippen molar-refractivity contribution in [3.8, 4) is 17.2 Å². The molecule has 0 bridgehead atoms. The van der Waals surface area contributed by atoms with Gasteiger partial charge in [-0.15, -0.1) is 0 Å². The number of nitrogens with zero attached hydrogens (tertiary/aromatic N) is 2. The van der Waals surface area contributed by atoms with Gasteiger partial charge in [0, 0.05) is 23.9 Å². The average molecular weight is 300 g/mol. The molecule has 0 spiro atoms. The van der Waals surface area contributed by atoms with Crippen molar-refractivity contribution in [2.45, 2.75) is 0 Å². The number of rotatable bonds is 3. The predicted octanol–water partition coefficient (Wildman–Crippen LogP) is 2.82. The topological polar surface area (TPSA) is 94.2 Å². The maximum absolute atomic E-state index is 10.8. The molecule has 0 aromatic heterocycles. The van der Waals surface area contributed by atoms with Gasteiger partial charge in [-0.1, -0.05) is 6.07 Å². The van der Waals surface area contributed by atoms with Crippen molar-refractivity contribution < 1.29 is 19.5 Å².